The summed E-state index contributed by atoms with van der Waals surface area (Å²) in [5.74, 6) is 0.455. The Kier molecular flexibility index (Phi) is 3.99. The van der Waals surface area contributed by atoms with E-state index < -0.39 is 0 Å². The molecule has 2 rings (SSSR count). The maximum absolute atomic E-state index is 11.1. The molecule has 104 valence electrons. The zero-order chi connectivity index (χ0) is 14.0. The Labute approximate surface area is 112 Å². The van der Waals surface area contributed by atoms with E-state index in [1.807, 2.05) is 18.9 Å². The number of anilines is 1. The Balaban J connectivity index is 2.23. The van der Waals surface area contributed by atoms with Crippen LogP contribution in [0.3, 0.4) is 0 Å². The molecule has 0 aromatic carbocycles. The van der Waals surface area contributed by atoms with Crippen LogP contribution < -0.4 is 10.6 Å². The van der Waals surface area contributed by atoms with Crippen LogP contribution in [0.2, 0.25) is 0 Å². The van der Waals surface area contributed by atoms with Gasteiger partial charge in [-0.2, -0.15) is 0 Å². The molecular formula is C13H20N4O2. The molecule has 0 saturated heterocycles. The van der Waals surface area contributed by atoms with Crippen LogP contribution in [-0.2, 0) is 0 Å². The van der Waals surface area contributed by atoms with E-state index >= 15 is 0 Å². The van der Waals surface area contributed by atoms with E-state index in [0.717, 1.165) is 31.2 Å². The lowest BCUT2D eigenvalue weighted by Crippen LogP contribution is -2.39. The first-order valence-electron chi connectivity index (χ1n) is 6.58. The molecular weight excluding hydrogens is 244 g/mol. The number of aromatic nitrogens is 1. The normalized spacial score (nSPS) is 23.1. The number of hydrogen-bond acceptors (Lipinski definition) is 5. The highest BCUT2D eigenvalue weighted by molar-refractivity contribution is 5.58. The first-order chi connectivity index (χ1) is 8.99. The quantitative estimate of drug-likeness (QED) is 0.666. The summed E-state index contributed by atoms with van der Waals surface area (Å²) >= 11 is 0. The van der Waals surface area contributed by atoms with Gasteiger partial charge in [0.15, 0.2) is 0 Å². The van der Waals surface area contributed by atoms with Gasteiger partial charge in [-0.25, -0.2) is 4.98 Å². The van der Waals surface area contributed by atoms with E-state index in [4.69, 9.17) is 5.73 Å². The van der Waals surface area contributed by atoms with Crippen molar-refractivity contribution in [1.82, 2.24) is 4.98 Å². The van der Waals surface area contributed by atoms with Crippen molar-refractivity contribution in [3.05, 3.63) is 27.9 Å². The minimum Gasteiger partial charge on any atom is -0.351 e. The first-order valence-corrected chi connectivity index (χ1v) is 6.58. The van der Waals surface area contributed by atoms with E-state index in [9.17, 15) is 10.1 Å². The summed E-state index contributed by atoms with van der Waals surface area (Å²) in [6, 6.07) is 2.13. The number of rotatable bonds is 3. The van der Waals surface area contributed by atoms with Crippen molar-refractivity contribution in [1.29, 1.82) is 0 Å². The smallest absolute Gasteiger partial charge is 0.311 e. The van der Waals surface area contributed by atoms with Crippen LogP contribution >= 0.6 is 0 Å². The second-order valence-corrected chi connectivity index (χ2v) is 5.29. The maximum Gasteiger partial charge on any atom is 0.311 e. The Morgan fingerprint density at radius 3 is 2.63 bits per heavy atom. The molecule has 0 spiro atoms. The third kappa shape index (κ3) is 3.01. The molecule has 6 heteroatoms. The molecule has 1 heterocycles. The molecule has 6 nitrogen and oxygen atoms in total. The highest BCUT2D eigenvalue weighted by Gasteiger charge is 2.27. The fraction of sp³-hybridized carbons (Fsp3) is 0.615. The van der Waals surface area contributed by atoms with Gasteiger partial charge in [0.05, 0.1) is 4.92 Å². The molecule has 0 aliphatic heterocycles. The first kappa shape index (κ1) is 13.7. The van der Waals surface area contributed by atoms with Crippen molar-refractivity contribution >= 4 is 11.5 Å². The summed E-state index contributed by atoms with van der Waals surface area (Å²) < 4.78 is 0. The van der Waals surface area contributed by atoms with Gasteiger partial charge in [-0.05, 0) is 38.2 Å². The number of nitro groups is 1. The van der Waals surface area contributed by atoms with Gasteiger partial charge in [0.2, 0.25) is 5.82 Å². The average Bonchev–Trinajstić information content (AvgIpc) is 2.38. The predicted molar refractivity (Wildman–Crippen MR) is 74.3 cm³/mol. The van der Waals surface area contributed by atoms with Gasteiger partial charge in [0.25, 0.3) is 0 Å². The minimum absolute atomic E-state index is 0.0809. The predicted octanol–water partition coefficient (Wildman–Crippen LogP) is 2.00. The van der Waals surface area contributed by atoms with Crippen LogP contribution in [0.4, 0.5) is 11.5 Å². The summed E-state index contributed by atoms with van der Waals surface area (Å²) in [6.07, 6.45) is 5.53. The monoisotopic (exact) mass is 264 g/mol. The molecule has 0 amide bonds. The van der Waals surface area contributed by atoms with Crippen molar-refractivity contribution < 1.29 is 4.92 Å². The molecule has 1 aliphatic rings. The second kappa shape index (κ2) is 5.52. The summed E-state index contributed by atoms with van der Waals surface area (Å²) in [5.41, 5.74) is 6.77. The fourth-order valence-corrected chi connectivity index (χ4v) is 2.61. The Bertz CT molecular complexity index is 470. The highest BCUT2D eigenvalue weighted by Crippen LogP contribution is 2.30. The fourth-order valence-electron chi connectivity index (χ4n) is 2.61. The summed E-state index contributed by atoms with van der Waals surface area (Å²) in [4.78, 5) is 17.0. The molecule has 1 aliphatic carbocycles. The number of hydrogen-bond donors (Lipinski definition) is 1. The van der Waals surface area contributed by atoms with Crippen molar-refractivity contribution in [3.63, 3.8) is 0 Å². The van der Waals surface area contributed by atoms with E-state index in [2.05, 4.69) is 4.98 Å². The molecule has 1 aromatic heterocycles. The summed E-state index contributed by atoms with van der Waals surface area (Å²) in [6.45, 7) is 1.81. The Hall–Kier alpha value is -1.69. The van der Waals surface area contributed by atoms with Crippen LogP contribution in [0.1, 0.15) is 31.2 Å². The molecule has 0 atom stereocenters. The number of aryl methyl sites for hydroxylation is 1. The van der Waals surface area contributed by atoms with E-state index in [1.165, 1.54) is 0 Å². The van der Waals surface area contributed by atoms with Crippen LogP contribution in [0.25, 0.3) is 0 Å². The van der Waals surface area contributed by atoms with Gasteiger partial charge in [0, 0.05) is 31.4 Å². The third-order valence-electron chi connectivity index (χ3n) is 3.80. The SMILES string of the molecule is Cc1cnc(N(C)C2CCC(N)CC2)c([N+](=O)[O-])c1. The minimum atomic E-state index is -0.361. The number of pyridine rings is 1. The van der Waals surface area contributed by atoms with Crippen molar-refractivity contribution in [3.8, 4) is 0 Å². The topological polar surface area (TPSA) is 85.3 Å². The average molecular weight is 264 g/mol. The van der Waals surface area contributed by atoms with Crippen molar-refractivity contribution in [2.24, 2.45) is 5.73 Å². The van der Waals surface area contributed by atoms with E-state index in [-0.39, 0.29) is 22.7 Å². The van der Waals surface area contributed by atoms with Gasteiger partial charge >= 0.3 is 5.69 Å². The molecule has 2 N–H and O–H groups in total. The van der Waals surface area contributed by atoms with E-state index in [1.54, 1.807) is 12.3 Å². The van der Waals surface area contributed by atoms with Gasteiger partial charge in [-0.1, -0.05) is 0 Å². The molecule has 19 heavy (non-hydrogen) atoms. The number of nitrogens with zero attached hydrogens (tertiary/aromatic N) is 3. The van der Waals surface area contributed by atoms with Crippen LogP contribution in [0.15, 0.2) is 12.3 Å². The lowest BCUT2D eigenvalue weighted by molar-refractivity contribution is -0.384. The summed E-state index contributed by atoms with van der Waals surface area (Å²) in [5, 5.41) is 11.1. The van der Waals surface area contributed by atoms with Gasteiger partial charge < -0.3 is 10.6 Å². The second-order valence-electron chi connectivity index (χ2n) is 5.29. The van der Waals surface area contributed by atoms with Crippen LogP contribution in [-0.4, -0.2) is 29.0 Å². The Morgan fingerprint density at radius 2 is 2.05 bits per heavy atom. The zero-order valence-electron chi connectivity index (χ0n) is 11.4. The number of nitrogens with two attached hydrogens (primary N) is 1. The van der Waals surface area contributed by atoms with Gasteiger partial charge in [-0.15, -0.1) is 0 Å². The lowest BCUT2D eigenvalue weighted by atomic mass is 9.91. The molecule has 1 saturated carbocycles. The molecule has 0 unspecified atom stereocenters. The zero-order valence-corrected chi connectivity index (χ0v) is 11.4. The Morgan fingerprint density at radius 1 is 1.42 bits per heavy atom. The van der Waals surface area contributed by atoms with Crippen molar-refractivity contribution in [2.75, 3.05) is 11.9 Å². The standard InChI is InChI=1S/C13H20N4O2/c1-9-7-12(17(18)19)13(15-8-9)16(2)11-5-3-10(14)4-6-11/h7-8,10-11H,3-6,14H2,1-2H3. The van der Waals surface area contributed by atoms with Crippen LogP contribution in [0.5, 0.6) is 0 Å². The molecule has 1 fully saturated rings. The van der Waals surface area contributed by atoms with Crippen molar-refractivity contribution in [2.45, 2.75) is 44.7 Å². The molecule has 1 aromatic rings. The molecule has 0 bridgehead atoms. The maximum atomic E-state index is 11.1. The third-order valence-corrected chi connectivity index (χ3v) is 3.80. The van der Waals surface area contributed by atoms with Crippen LogP contribution in [0, 0.1) is 17.0 Å². The lowest BCUT2D eigenvalue weighted by Gasteiger charge is -2.33. The van der Waals surface area contributed by atoms with E-state index in [0.29, 0.717) is 5.82 Å². The summed E-state index contributed by atoms with van der Waals surface area (Å²) in [7, 11) is 1.88. The highest BCUT2D eigenvalue weighted by atomic mass is 16.6. The van der Waals surface area contributed by atoms with Gasteiger partial charge in [0.1, 0.15) is 0 Å². The molecule has 0 radical (unpaired) electrons. The van der Waals surface area contributed by atoms with Gasteiger partial charge in [-0.3, -0.25) is 10.1 Å². The largest absolute Gasteiger partial charge is 0.351 e.